The molecule has 1 aliphatic heterocycles. The Kier molecular flexibility index (Phi) is 6.44. The maximum absolute atomic E-state index is 12.3. The zero-order valence-corrected chi connectivity index (χ0v) is 15.0. The molecule has 3 rings (SSSR count). The molecule has 6 heteroatoms. The zero-order chi connectivity index (χ0) is 18.2. The van der Waals surface area contributed by atoms with Crippen LogP contribution in [0.3, 0.4) is 0 Å². The van der Waals surface area contributed by atoms with Crippen molar-refractivity contribution in [2.75, 3.05) is 32.1 Å². The summed E-state index contributed by atoms with van der Waals surface area (Å²) < 4.78 is 10.9. The maximum atomic E-state index is 12.3. The highest BCUT2D eigenvalue weighted by atomic mass is 16.5. The van der Waals surface area contributed by atoms with Crippen molar-refractivity contribution in [1.29, 1.82) is 0 Å². The van der Waals surface area contributed by atoms with Crippen LogP contribution in [0.4, 0.5) is 5.82 Å². The molecular weight excluding hydrogens is 330 g/mol. The zero-order valence-electron chi connectivity index (χ0n) is 15.0. The van der Waals surface area contributed by atoms with Crippen molar-refractivity contribution in [2.45, 2.75) is 25.4 Å². The maximum Gasteiger partial charge on any atom is 0.251 e. The molecule has 1 amide bonds. The van der Waals surface area contributed by atoms with Crippen molar-refractivity contribution in [3.8, 4) is 5.75 Å². The molecule has 2 aromatic rings. The molecule has 0 bridgehead atoms. The summed E-state index contributed by atoms with van der Waals surface area (Å²) in [7, 11) is 1.67. The second kappa shape index (κ2) is 9.20. The Morgan fingerprint density at radius 2 is 2.23 bits per heavy atom. The number of ether oxygens (including phenoxy) is 2. The van der Waals surface area contributed by atoms with Gasteiger partial charge in [0.25, 0.3) is 5.91 Å². The molecule has 138 valence electrons. The number of carbonyl (C=O) groups excluding carboxylic acids is 1. The predicted octanol–water partition coefficient (Wildman–Crippen LogP) is 2.65. The Balaban J connectivity index is 1.51. The summed E-state index contributed by atoms with van der Waals surface area (Å²) in [5.74, 6) is 1.46. The van der Waals surface area contributed by atoms with Gasteiger partial charge in [-0.25, -0.2) is 4.98 Å². The standard InChI is InChI=1S/C20H25N3O3/c1-25-18-7-3-2-5-15(18)8-10-21-19-13-16(9-11-22-19)20(24)23-14-17-6-4-12-26-17/h2-3,5,7,9,11,13,17H,4,6,8,10,12,14H2,1H3,(H,21,22)(H,23,24). The average molecular weight is 355 g/mol. The number of rotatable bonds is 8. The minimum Gasteiger partial charge on any atom is -0.496 e. The number of para-hydroxylation sites is 1. The Labute approximate surface area is 153 Å². The summed E-state index contributed by atoms with van der Waals surface area (Å²) in [5.41, 5.74) is 1.73. The lowest BCUT2D eigenvalue weighted by Crippen LogP contribution is -2.31. The molecule has 1 unspecified atom stereocenters. The summed E-state index contributed by atoms with van der Waals surface area (Å²) in [6, 6.07) is 11.4. The Bertz CT molecular complexity index is 730. The van der Waals surface area contributed by atoms with Gasteiger partial charge in [-0.05, 0) is 43.0 Å². The third-order valence-corrected chi connectivity index (χ3v) is 4.43. The smallest absolute Gasteiger partial charge is 0.251 e. The third-order valence-electron chi connectivity index (χ3n) is 4.43. The van der Waals surface area contributed by atoms with Crippen LogP contribution in [0.25, 0.3) is 0 Å². The van der Waals surface area contributed by atoms with Crippen LogP contribution in [0.1, 0.15) is 28.8 Å². The van der Waals surface area contributed by atoms with E-state index in [1.54, 1.807) is 25.4 Å². The van der Waals surface area contributed by atoms with Crippen molar-refractivity contribution in [2.24, 2.45) is 0 Å². The normalized spacial score (nSPS) is 16.3. The highest BCUT2D eigenvalue weighted by molar-refractivity contribution is 5.94. The largest absolute Gasteiger partial charge is 0.496 e. The number of carbonyl (C=O) groups is 1. The first-order chi connectivity index (χ1) is 12.8. The van der Waals surface area contributed by atoms with Crippen LogP contribution in [-0.4, -0.2) is 43.8 Å². The van der Waals surface area contributed by atoms with Crippen LogP contribution < -0.4 is 15.4 Å². The summed E-state index contributed by atoms with van der Waals surface area (Å²) in [6.45, 7) is 2.04. The van der Waals surface area contributed by atoms with Gasteiger partial charge in [0, 0.05) is 31.5 Å². The van der Waals surface area contributed by atoms with Crippen LogP contribution in [0.5, 0.6) is 5.75 Å². The number of amides is 1. The molecule has 1 atom stereocenters. The molecule has 1 fully saturated rings. The van der Waals surface area contributed by atoms with E-state index in [-0.39, 0.29) is 12.0 Å². The van der Waals surface area contributed by atoms with Crippen molar-refractivity contribution in [1.82, 2.24) is 10.3 Å². The Morgan fingerprint density at radius 1 is 1.35 bits per heavy atom. The van der Waals surface area contributed by atoms with E-state index >= 15 is 0 Å². The lowest BCUT2D eigenvalue weighted by Gasteiger charge is -2.12. The van der Waals surface area contributed by atoms with Crippen molar-refractivity contribution < 1.29 is 14.3 Å². The van der Waals surface area contributed by atoms with E-state index in [2.05, 4.69) is 15.6 Å². The number of nitrogens with one attached hydrogen (secondary N) is 2. The van der Waals surface area contributed by atoms with Gasteiger partial charge >= 0.3 is 0 Å². The lowest BCUT2D eigenvalue weighted by molar-refractivity contribution is 0.0857. The summed E-state index contributed by atoms with van der Waals surface area (Å²) in [5, 5.41) is 6.19. The van der Waals surface area contributed by atoms with Crippen LogP contribution in [0, 0.1) is 0 Å². The second-order valence-electron chi connectivity index (χ2n) is 6.26. The first kappa shape index (κ1) is 18.2. The highest BCUT2D eigenvalue weighted by Gasteiger charge is 2.16. The number of hydrogen-bond donors (Lipinski definition) is 2. The SMILES string of the molecule is COc1ccccc1CCNc1cc(C(=O)NCC2CCCO2)ccn1. The minimum absolute atomic E-state index is 0.101. The fourth-order valence-corrected chi connectivity index (χ4v) is 3.02. The molecule has 6 nitrogen and oxygen atoms in total. The monoisotopic (exact) mass is 355 g/mol. The Morgan fingerprint density at radius 3 is 3.04 bits per heavy atom. The van der Waals surface area contributed by atoms with Crippen molar-refractivity contribution in [3.63, 3.8) is 0 Å². The molecule has 1 aromatic carbocycles. The topological polar surface area (TPSA) is 72.5 Å². The Hall–Kier alpha value is -2.60. The quantitative estimate of drug-likeness (QED) is 0.762. The van der Waals surface area contributed by atoms with Gasteiger partial charge in [0.05, 0.1) is 13.2 Å². The number of benzene rings is 1. The summed E-state index contributed by atoms with van der Waals surface area (Å²) >= 11 is 0. The first-order valence-electron chi connectivity index (χ1n) is 8.98. The second-order valence-corrected chi connectivity index (χ2v) is 6.26. The molecule has 26 heavy (non-hydrogen) atoms. The van der Waals surface area contributed by atoms with Gasteiger partial charge in [0.15, 0.2) is 0 Å². The van der Waals surface area contributed by atoms with Crippen LogP contribution in [0.15, 0.2) is 42.6 Å². The van der Waals surface area contributed by atoms with Crippen molar-refractivity contribution >= 4 is 11.7 Å². The number of aromatic nitrogens is 1. The van der Waals surface area contributed by atoms with Crippen LogP contribution >= 0.6 is 0 Å². The number of anilines is 1. The highest BCUT2D eigenvalue weighted by Crippen LogP contribution is 2.18. The third kappa shape index (κ3) is 4.95. The number of nitrogens with zero attached hydrogens (tertiary/aromatic N) is 1. The van der Waals surface area contributed by atoms with E-state index in [1.165, 1.54) is 0 Å². The lowest BCUT2D eigenvalue weighted by atomic mass is 10.1. The number of pyridine rings is 1. The molecule has 0 radical (unpaired) electrons. The molecule has 1 saturated heterocycles. The number of methoxy groups -OCH3 is 1. The van der Waals surface area contributed by atoms with E-state index in [4.69, 9.17) is 9.47 Å². The fraction of sp³-hybridized carbons (Fsp3) is 0.400. The average Bonchev–Trinajstić information content (AvgIpc) is 3.20. The molecule has 1 aliphatic rings. The van der Waals surface area contributed by atoms with Gasteiger partial charge in [-0.15, -0.1) is 0 Å². The van der Waals surface area contributed by atoms with Gasteiger partial charge in [-0.1, -0.05) is 18.2 Å². The minimum atomic E-state index is -0.101. The molecule has 0 spiro atoms. The van der Waals surface area contributed by atoms with Crippen LogP contribution in [-0.2, 0) is 11.2 Å². The van der Waals surface area contributed by atoms with E-state index in [1.807, 2.05) is 24.3 Å². The van der Waals surface area contributed by atoms with Gasteiger partial charge in [0.1, 0.15) is 11.6 Å². The summed E-state index contributed by atoms with van der Waals surface area (Å²) in [6.07, 6.45) is 4.66. The molecule has 0 aliphatic carbocycles. The molecular formula is C20H25N3O3. The van der Waals surface area contributed by atoms with E-state index < -0.39 is 0 Å². The molecule has 2 heterocycles. The first-order valence-corrected chi connectivity index (χ1v) is 8.98. The molecule has 0 saturated carbocycles. The van der Waals surface area contributed by atoms with Crippen molar-refractivity contribution in [3.05, 3.63) is 53.7 Å². The fourth-order valence-electron chi connectivity index (χ4n) is 3.02. The van der Waals surface area contributed by atoms with Gasteiger partial charge in [0.2, 0.25) is 0 Å². The summed E-state index contributed by atoms with van der Waals surface area (Å²) in [4.78, 5) is 16.6. The van der Waals surface area contributed by atoms with E-state index in [9.17, 15) is 4.79 Å². The van der Waals surface area contributed by atoms with Gasteiger partial charge < -0.3 is 20.1 Å². The predicted molar refractivity (Wildman–Crippen MR) is 101 cm³/mol. The molecule has 1 aromatic heterocycles. The number of hydrogen-bond acceptors (Lipinski definition) is 5. The van der Waals surface area contributed by atoms with E-state index in [0.29, 0.717) is 24.5 Å². The van der Waals surface area contributed by atoms with Gasteiger partial charge in [-0.2, -0.15) is 0 Å². The van der Waals surface area contributed by atoms with Gasteiger partial charge in [-0.3, -0.25) is 4.79 Å². The van der Waals surface area contributed by atoms with Crippen LogP contribution in [0.2, 0.25) is 0 Å². The van der Waals surface area contributed by atoms with E-state index in [0.717, 1.165) is 37.2 Å². The molecule has 2 N–H and O–H groups in total.